The van der Waals surface area contributed by atoms with Gasteiger partial charge in [0.25, 0.3) is 0 Å². The topological polar surface area (TPSA) is 29.5 Å². The molecule has 0 amide bonds. The quantitative estimate of drug-likeness (QED) is 0.848. The monoisotopic (exact) mass is 262 g/mol. The van der Waals surface area contributed by atoms with Crippen molar-refractivity contribution in [3.8, 4) is 5.75 Å². The van der Waals surface area contributed by atoms with Crippen molar-refractivity contribution < 1.29 is 9.84 Å². The van der Waals surface area contributed by atoms with Crippen molar-refractivity contribution in [1.82, 2.24) is 0 Å². The van der Waals surface area contributed by atoms with Gasteiger partial charge in [-0.2, -0.15) is 0 Å². The Balaban J connectivity index is 1.86. The lowest BCUT2D eigenvalue weighted by Gasteiger charge is -2.28. The van der Waals surface area contributed by atoms with E-state index in [1.54, 1.807) is 0 Å². The van der Waals surface area contributed by atoms with Gasteiger partial charge in [-0.15, -0.1) is 0 Å². The second kappa shape index (κ2) is 6.95. The molecule has 1 fully saturated rings. The summed E-state index contributed by atoms with van der Waals surface area (Å²) in [6.45, 7) is 4.27. The van der Waals surface area contributed by atoms with Crippen LogP contribution in [0.25, 0.3) is 0 Å². The molecule has 0 saturated heterocycles. The zero-order valence-corrected chi connectivity index (χ0v) is 12.1. The highest BCUT2D eigenvalue weighted by Crippen LogP contribution is 2.29. The van der Waals surface area contributed by atoms with Crippen molar-refractivity contribution in [2.45, 2.75) is 64.6 Å². The lowest BCUT2D eigenvalue weighted by atomic mass is 9.86. The molecule has 0 heterocycles. The van der Waals surface area contributed by atoms with Crippen LogP contribution in [0.4, 0.5) is 0 Å². The van der Waals surface area contributed by atoms with E-state index >= 15 is 0 Å². The van der Waals surface area contributed by atoms with E-state index in [1.807, 2.05) is 31.2 Å². The summed E-state index contributed by atoms with van der Waals surface area (Å²) in [5, 5.41) is 9.76. The first kappa shape index (κ1) is 14.4. The maximum Gasteiger partial charge on any atom is 0.119 e. The number of ether oxygens (including phenoxy) is 1. The van der Waals surface area contributed by atoms with Gasteiger partial charge in [-0.25, -0.2) is 0 Å². The molecule has 1 aromatic rings. The van der Waals surface area contributed by atoms with Crippen molar-refractivity contribution >= 4 is 0 Å². The second-order valence-electron chi connectivity index (χ2n) is 5.66. The minimum Gasteiger partial charge on any atom is -0.490 e. The Hall–Kier alpha value is -1.02. The fourth-order valence-electron chi connectivity index (χ4n) is 2.85. The van der Waals surface area contributed by atoms with E-state index in [-0.39, 0.29) is 6.10 Å². The molecule has 1 aliphatic carbocycles. The van der Waals surface area contributed by atoms with E-state index < -0.39 is 0 Å². The van der Waals surface area contributed by atoms with Crippen molar-refractivity contribution in [1.29, 1.82) is 0 Å². The van der Waals surface area contributed by atoms with E-state index in [0.717, 1.165) is 23.7 Å². The minimum absolute atomic E-state index is 0.353. The first-order valence-electron chi connectivity index (χ1n) is 7.67. The largest absolute Gasteiger partial charge is 0.490 e. The first-order chi connectivity index (χ1) is 9.22. The zero-order chi connectivity index (χ0) is 13.7. The predicted molar refractivity (Wildman–Crippen MR) is 78.4 cm³/mol. The first-order valence-corrected chi connectivity index (χ1v) is 7.67. The summed E-state index contributed by atoms with van der Waals surface area (Å²) in [4.78, 5) is 0. The summed E-state index contributed by atoms with van der Waals surface area (Å²) in [5.74, 6) is 1.84. The van der Waals surface area contributed by atoms with Crippen molar-refractivity contribution in [3.05, 3.63) is 29.8 Å². The molecule has 1 aliphatic rings. The van der Waals surface area contributed by atoms with E-state index in [0.29, 0.717) is 6.10 Å². The van der Waals surface area contributed by atoms with Gasteiger partial charge in [0.2, 0.25) is 0 Å². The molecule has 0 spiro atoms. The average molecular weight is 262 g/mol. The Kier molecular flexibility index (Phi) is 5.26. The zero-order valence-electron chi connectivity index (χ0n) is 12.1. The smallest absolute Gasteiger partial charge is 0.119 e. The summed E-state index contributed by atoms with van der Waals surface area (Å²) in [7, 11) is 0. The molecule has 2 nitrogen and oxygen atoms in total. The predicted octanol–water partition coefficient (Wildman–Crippen LogP) is 4.48. The van der Waals surface area contributed by atoms with Gasteiger partial charge in [-0.05, 0) is 55.7 Å². The van der Waals surface area contributed by atoms with Crippen LogP contribution in [0.3, 0.4) is 0 Å². The number of aliphatic hydroxyl groups is 1. The van der Waals surface area contributed by atoms with Gasteiger partial charge in [0, 0.05) is 0 Å². The highest BCUT2D eigenvalue weighted by atomic mass is 16.5. The third kappa shape index (κ3) is 3.97. The number of aliphatic hydroxyl groups excluding tert-OH is 1. The highest BCUT2D eigenvalue weighted by Gasteiger charge is 2.21. The molecule has 2 heteroatoms. The molecular weight excluding hydrogens is 236 g/mol. The lowest BCUT2D eigenvalue weighted by Crippen LogP contribution is -2.23. The van der Waals surface area contributed by atoms with Crippen molar-refractivity contribution in [3.63, 3.8) is 0 Å². The van der Waals surface area contributed by atoms with Crippen LogP contribution in [0.1, 0.15) is 64.0 Å². The number of benzene rings is 1. The van der Waals surface area contributed by atoms with E-state index in [2.05, 4.69) is 6.92 Å². The summed E-state index contributed by atoms with van der Waals surface area (Å²) in [6, 6.07) is 7.92. The van der Waals surface area contributed by atoms with Crippen LogP contribution in [0.2, 0.25) is 0 Å². The Bertz CT molecular complexity index is 363. The van der Waals surface area contributed by atoms with Gasteiger partial charge in [0.05, 0.1) is 12.2 Å². The lowest BCUT2D eigenvalue weighted by molar-refractivity contribution is 0.129. The number of rotatable bonds is 5. The molecule has 1 aromatic carbocycles. The molecule has 1 N–H and O–H groups in total. The Morgan fingerprint density at radius 1 is 1.11 bits per heavy atom. The molecule has 19 heavy (non-hydrogen) atoms. The molecule has 1 saturated carbocycles. The van der Waals surface area contributed by atoms with Gasteiger partial charge >= 0.3 is 0 Å². The standard InChI is InChI=1S/C17H26O2/c1-3-13-5-9-15(10-6-13)19-16-11-7-14(8-12-16)17(18)4-2/h7-8,11-13,15,17-18H,3-6,9-10H2,1-2H3/t13?,15?,17-/m1/s1. The highest BCUT2D eigenvalue weighted by molar-refractivity contribution is 5.28. The molecular formula is C17H26O2. The number of hydrogen-bond acceptors (Lipinski definition) is 2. The third-order valence-corrected chi connectivity index (χ3v) is 4.33. The Labute approximate surface area is 116 Å². The molecule has 106 valence electrons. The number of hydrogen-bond donors (Lipinski definition) is 1. The van der Waals surface area contributed by atoms with Gasteiger partial charge in [0.1, 0.15) is 5.75 Å². The van der Waals surface area contributed by atoms with Crippen LogP contribution < -0.4 is 4.74 Å². The molecule has 1 atom stereocenters. The minimum atomic E-state index is -0.353. The fourth-order valence-corrected chi connectivity index (χ4v) is 2.85. The Morgan fingerprint density at radius 2 is 1.74 bits per heavy atom. The van der Waals surface area contributed by atoms with Gasteiger partial charge in [0.15, 0.2) is 0 Å². The van der Waals surface area contributed by atoms with Gasteiger partial charge in [-0.3, -0.25) is 0 Å². The van der Waals surface area contributed by atoms with E-state index in [4.69, 9.17) is 4.74 Å². The van der Waals surface area contributed by atoms with Gasteiger partial charge in [-0.1, -0.05) is 32.4 Å². The maximum absolute atomic E-state index is 9.76. The molecule has 0 radical (unpaired) electrons. The van der Waals surface area contributed by atoms with E-state index in [1.165, 1.54) is 32.1 Å². The van der Waals surface area contributed by atoms with Crippen LogP contribution in [0.15, 0.2) is 24.3 Å². The van der Waals surface area contributed by atoms with E-state index in [9.17, 15) is 5.11 Å². The van der Waals surface area contributed by atoms with Crippen LogP contribution in [-0.4, -0.2) is 11.2 Å². The molecule has 0 bridgehead atoms. The summed E-state index contributed by atoms with van der Waals surface area (Å²) in [6.07, 6.45) is 7.04. The second-order valence-corrected chi connectivity index (χ2v) is 5.66. The van der Waals surface area contributed by atoms with Crippen molar-refractivity contribution in [2.75, 3.05) is 0 Å². The summed E-state index contributed by atoms with van der Waals surface area (Å²) < 4.78 is 6.03. The maximum atomic E-state index is 9.76. The summed E-state index contributed by atoms with van der Waals surface area (Å²) >= 11 is 0. The normalized spacial score (nSPS) is 25.0. The van der Waals surface area contributed by atoms with Crippen LogP contribution >= 0.6 is 0 Å². The molecule has 0 aliphatic heterocycles. The van der Waals surface area contributed by atoms with Crippen molar-refractivity contribution in [2.24, 2.45) is 5.92 Å². The van der Waals surface area contributed by atoms with Crippen LogP contribution in [-0.2, 0) is 0 Å². The Morgan fingerprint density at radius 3 is 2.26 bits per heavy atom. The fraction of sp³-hybridized carbons (Fsp3) is 0.647. The average Bonchev–Trinajstić information content (AvgIpc) is 2.48. The SMILES string of the molecule is CCC1CCC(Oc2ccc([C@H](O)CC)cc2)CC1. The van der Waals surface area contributed by atoms with Crippen LogP contribution in [0.5, 0.6) is 5.75 Å². The molecule has 0 unspecified atom stereocenters. The third-order valence-electron chi connectivity index (χ3n) is 4.33. The molecule has 2 rings (SSSR count). The summed E-state index contributed by atoms with van der Waals surface area (Å²) in [5.41, 5.74) is 0.976. The van der Waals surface area contributed by atoms with Crippen LogP contribution in [0, 0.1) is 5.92 Å². The van der Waals surface area contributed by atoms with Gasteiger partial charge < -0.3 is 9.84 Å². The molecule has 0 aromatic heterocycles.